The van der Waals surface area contributed by atoms with Crippen LogP contribution in [0, 0.1) is 0 Å². The average molecular weight is 267 g/mol. The zero-order valence-corrected chi connectivity index (χ0v) is 10.6. The van der Waals surface area contributed by atoms with Gasteiger partial charge in [0.1, 0.15) is 0 Å². The third-order valence-electron chi connectivity index (χ3n) is 2.23. The molecule has 2 rings (SSSR count). The lowest BCUT2D eigenvalue weighted by Crippen LogP contribution is -2.11. The molecule has 0 heterocycles. The smallest absolute Gasteiger partial charge is 0.0849 e. The normalized spacial score (nSPS) is 10.0. The summed E-state index contributed by atoms with van der Waals surface area (Å²) in [5.74, 6) is 0. The van der Waals surface area contributed by atoms with Gasteiger partial charge in [0, 0.05) is 21.4 Å². The van der Waals surface area contributed by atoms with E-state index in [1.807, 2.05) is 48.5 Å². The Labute approximate surface area is 111 Å². The summed E-state index contributed by atoms with van der Waals surface area (Å²) >= 11 is 11.8. The summed E-state index contributed by atoms with van der Waals surface area (Å²) < 4.78 is 0. The number of nitrogens with one attached hydrogen (secondary N) is 2. The monoisotopic (exact) mass is 266 g/mol. The highest BCUT2D eigenvalue weighted by atomic mass is 35.5. The van der Waals surface area contributed by atoms with Gasteiger partial charge >= 0.3 is 0 Å². The van der Waals surface area contributed by atoms with Crippen LogP contribution in [0.1, 0.15) is 0 Å². The van der Waals surface area contributed by atoms with Gasteiger partial charge < -0.3 is 10.6 Å². The van der Waals surface area contributed by atoms with Crippen LogP contribution in [0.2, 0.25) is 10.0 Å². The van der Waals surface area contributed by atoms with E-state index in [2.05, 4.69) is 10.6 Å². The third-order valence-corrected chi connectivity index (χ3v) is 2.70. The van der Waals surface area contributed by atoms with Crippen molar-refractivity contribution in [1.82, 2.24) is 0 Å². The van der Waals surface area contributed by atoms with Crippen molar-refractivity contribution < 1.29 is 0 Å². The van der Waals surface area contributed by atoms with E-state index in [9.17, 15) is 0 Å². The molecule has 0 saturated heterocycles. The van der Waals surface area contributed by atoms with E-state index in [1.165, 1.54) is 0 Å². The van der Waals surface area contributed by atoms with Gasteiger partial charge in [-0.2, -0.15) is 0 Å². The highest BCUT2D eigenvalue weighted by Gasteiger charge is 1.94. The molecular weight excluding hydrogens is 255 g/mol. The molecule has 0 spiro atoms. The number of benzene rings is 2. The summed E-state index contributed by atoms with van der Waals surface area (Å²) in [4.78, 5) is 0. The number of hydrogen-bond acceptors (Lipinski definition) is 2. The topological polar surface area (TPSA) is 24.1 Å². The van der Waals surface area contributed by atoms with Crippen LogP contribution in [0.15, 0.2) is 48.5 Å². The highest BCUT2D eigenvalue weighted by molar-refractivity contribution is 6.31. The van der Waals surface area contributed by atoms with Crippen LogP contribution < -0.4 is 10.6 Å². The van der Waals surface area contributed by atoms with Gasteiger partial charge in [0.2, 0.25) is 0 Å². The number of hydrogen-bond donors (Lipinski definition) is 2. The molecule has 0 fully saturated rings. The Balaban J connectivity index is 1.87. The summed E-state index contributed by atoms with van der Waals surface area (Å²) in [5, 5.41) is 7.87. The molecule has 0 aliphatic heterocycles. The molecule has 4 heteroatoms. The fraction of sp³-hybridized carbons (Fsp3) is 0.0769. The van der Waals surface area contributed by atoms with Gasteiger partial charge in [-0.3, -0.25) is 0 Å². The molecule has 0 aliphatic carbocycles. The molecule has 0 aromatic heterocycles. The number of rotatable bonds is 4. The first-order chi connectivity index (χ1) is 8.24. The molecule has 2 N–H and O–H groups in total. The first-order valence-electron chi connectivity index (χ1n) is 5.23. The molecule has 2 aromatic carbocycles. The molecule has 88 valence electrons. The number of anilines is 2. The lowest BCUT2D eigenvalue weighted by Gasteiger charge is -2.09. The van der Waals surface area contributed by atoms with E-state index in [4.69, 9.17) is 23.2 Å². The summed E-state index contributed by atoms with van der Waals surface area (Å²) in [5.41, 5.74) is 1.96. The fourth-order valence-electron chi connectivity index (χ4n) is 1.45. The van der Waals surface area contributed by atoms with Crippen molar-refractivity contribution in [1.29, 1.82) is 0 Å². The molecular formula is C13H12Cl2N2. The minimum Gasteiger partial charge on any atom is -0.368 e. The number of halogens is 2. The van der Waals surface area contributed by atoms with E-state index >= 15 is 0 Å². The largest absolute Gasteiger partial charge is 0.368 e. The van der Waals surface area contributed by atoms with Crippen LogP contribution in [-0.4, -0.2) is 6.67 Å². The van der Waals surface area contributed by atoms with Crippen molar-refractivity contribution in [2.24, 2.45) is 0 Å². The zero-order chi connectivity index (χ0) is 12.1. The second-order valence-electron chi connectivity index (χ2n) is 3.55. The summed E-state index contributed by atoms with van der Waals surface area (Å²) in [6.07, 6.45) is 0. The Hall–Kier alpha value is -1.38. The second-order valence-corrected chi connectivity index (χ2v) is 4.42. The molecule has 0 aliphatic rings. The van der Waals surface area contributed by atoms with Crippen molar-refractivity contribution in [3.63, 3.8) is 0 Å². The quantitative estimate of drug-likeness (QED) is 0.798. The van der Waals surface area contributed by atoms with Gasteiger partial charge in [-0.05, 0) is 36.4 Å². The van der Waals surface area contributed by atoms with Crippen molar-refractivity contribution >= 4 is 34.6 Å². The predicted molar refractivity (Wildman–Crippen MR) is 75.0 cm³/mol. The maximum atomic E-state index is 5.88. The van der Waals surface area contributed by atoms with Gasteiger partial charge in [0.25, 0.3) is 0 Å². The molecule has 0 atom stereocenters. The minimum absolute atomic E-state index is 0.612. The first kappa shape index (κ1) is 12.1. The predicted octanol–water partition coefficient (Wildman–Crippen LogP) is 4.47. The standard InChI is InChI=1S/C13H12Cl2N2/c14-10-3-1-5-12(7-10)16-9-17-13-6-2-4-11(15)8-13/h1-8,16-17H,9H2. The second kappa shape index (κ2) is 5.80. The van der Waals surface area contributed by atoms with Crippen LogP contribution in [0.5, 0.6) is 0 Å². The molecule has 0 bridgehead atoms. The van der Waals surface area contributed by atoms with E-state index in [0.29, 0.717) is 6.67 Å². The van der Waals surface area contributed by atoms with Crippen molar-refractivity contribution in [3.8, 4) is 0 Å². The summed E-state index contributed by atoms with van der Waals surface area (Å²) in [7, 11) is 0. The molecule has 0 unspecified atom stereocenters. The Bertz CT molecular complexity index is 455. The minimum atomic E-state index is 0.612. The van der Waals surface area contributed by atoms with Gasteiger partial charge in [-0.1, -0.05) is 35.3 Å². The lowest BCUT2D eigenvalue weighted by molar-refractivity contribution is 1.22. The average Bonchev–Trinajstić information content (AvgIpc) is 2.29. The van der Waals surface area contributed by atoms with Gasteiger partial charge in [-0.15, -0.1) is 0 Å². The van der Waals surface area contributed by atoms with Crippen LogP contribution in [0.4, 0.5) is 11.4 Å². The lowest BCUT2D eigenvalue weighted by atomic mass is 10.3. The molecule has 0 radical (unpaired) electrons. The van der Waals surface area contributed by atoms with Crippen LogP contribution in [0.25, 0.3) is 0 Å². The Kier molecular flexibility index (Phi) is 4.13. The van der Waals surface area contributed by atoms with Gasteiger partial charge in [0.05, 0.1) is 6.67 Å². The SMILES string of the molecule is Clc1cccc(NCNc2cccc(Cl)c2)c1. The third kappa shape index (κ3) is 3.84. The molecule has 0 amide bonds. The van der Waals surface area contributed by atoms with E-state index in [0.717, 1.165) is 21.4 Å². The van der Waals surface area contributed by atoms with Crippen LogP contribution in [-0.2, 0) is 0 Å². The fourth-order valence-corrected chi connectivity index (χ4v) is 1.83. The van der Waals surface area contributed by atoms with Crippen molar-refractivity contribution in [2.75, 3.05) is 17.3 Å². The van der Waals surface area contributed by atoms with Crippen LogP contribution in [0.3, 0.4) is 0 Å². The summed E-state index contributed by atoms with van der Waals surface area (Å²) in [6.45, 7) is 0.612. The van der Waals surface area contributed by atoms with Crippen LogP contribution >= 0.6 is 23.2 Å². The van der Waals surface area contributed by atoms with E-state index in [-0.39, 0.29) is 0 Å². The molecule has 0 saturated carbocycles. The molecule has 2 aromatic rings. The highest BCUT2D eigenvalue weighted by Crippen LogP contribution is 2.16. The Morgan fingerprint density at radius 2 is 1.24 bits per heavy atom. The first-order valence-corrected chi connectivity index (χ1v) is 5.98. The van der Waals surface area contributed by atoms with E-state index < -0.39 is 0 Å². The maximum Gasteiger partial charge on any atom is 0.0849 e. The van der Waals surface area contributed by atoms with Gasteiger partial charge in [-0.25, -0.2) is 0 Å². The van der Waals surface area contributed by atoms with Crippen molar-refractivity contribution in [3.05, 3.63) is 58.6 Å². The van der Waals surface area contributed by atoms with E-state index in [1.54, 1.807) is 0 Å². The summed E-state index contributed by atoms with van der Waals surface area (Å²) in [6, 6.07) is 15.2. The Morgan fingerprint density at radius 3 is 1.65 bits per heavy atom. The van der Waals surface area contributed by atoms with Gasteiger partial charge in [0.15, 0.2) is 0 Å². The Morgan fingerprint density at radius 1 is 0.765 bits per heavy atom. The molecule has 2 nitrogen and oxygen atoms in total. The maximum absolute atomic E-state index is 5.88. The molecule has 17 heavy (non-hydrogen) atoms. The van der Waals surface area contributed by atoms with Crippen molar-refractivity contribution in [2.45, 2.75) is 0 Å². The zero-order valence-electron chi connectivity index (χ0n) is 9.08.